The molecule has 0 fully saturated rings. The van der Waals surface area contributed by atoms with Crippen molar-refractivity contribution in [3.8, 4) is 11.5 Å². The fourth-order valence-electron chi connectivity index (χ4n) is 2.20. The molecule has 2 aromatic rings. The molecule has 1 amide bonds. The van der Waals surface area contributed by atoms with Crippen molar-refractivity contribution in [3.63, 3.8) is 0 Å². The van der Waals surface area contributed by atoms with Gasteiger partial charge in [0.25, 0.3) is 5.91 Å². The molecule has 0 radical (unpaired) electrons. The first kappa shape index (κ1) is 19.6. The first-order valence-electron chi connectivity index (χ1n) is 7.80. The first-order valence-corrected chi connectivity index (χ1v) is 9.65. The van der Waals surface area contributed by atoms with Gasteiger partial charge in [-0.1, -0.05) is 12.1 Å². The van der Waals surface area contributed by atoms with Crippen molar-refractivity contribution in [2.24, 2.45) is 0 Å². The van der Waals surface area contributed by atoms with Crippen LogP contribution in [0.3, 0.4) is 0 Å². The van der Waals surface area contributed by atoms with Gasteiger partial charge in [0.15, 0.2) is 18.1 Å². The summed E-state index contributed by atoms with van der Waals surface area (Å²) in [6.45, 7) is -0.151. The number of nitrogens with zero attached hydrogens (tertiary/aromatic N) is 2. The van der Waals surface area contributed by atoms with Crippen molar-refractivity contribution in [2.45, 2.75) is 0 Å². The van der Waals surface area contributed by atoms with Crippen molar-refractivity contribution < 1.29 is 22.7 Å². The molecule has 8 heteroatoms. The van der Waals surface area contributed by atoms with E-state index in [1.807, 2.05) is 6.07 Å². The number of hydrogen-bond acceptors (Lipinski definition) is 5. The highest BCUT2D eigenvalue weighted by atomic mass is 32.2. The first-order chi connectivity index (χ1) is 12.2. The minimum atomic E-state index is -3.33. The highest BCUT2D eigenvalue weighted by Crippen LogP contribution is 2.26. The second kappa shape index (κ2) is 8.09. The number of hydrogen-bond donors (Lipinski definition) is 0. The lowest BCUT2D eigenvalue weighted by atomic mass is 10.2. The second-order valence-electron chi connectivity index (χ2n) is 5.64. The Morgan fingerprint density at radius 2 is 1.50 bits per heavy atom. The zero-order valence-electron chi connectivity index (χ0n) is 15.2. The number of sulfonamides is 1. The van der Waals surface area contributed by atoms with Crippen LogP contribution in [0, 0.1) is 0 Å². The maximum atomic E-state index is 12.3. The summed E-state index contributed by atoms with van der Waals surface area (Å²) in [5.41, 5.74) is 1.15. The lowest BCUT2D eigenvalue weighted by molar-refractivity contribution is -0.120. The van der Waals surface area contributed by atoms with Crippen LogP contribution < -0.4 is 18.7 Å². The quantitative estimate of drug-likeness (QED) is 0.738. The predicted octanol–water partition coefficient (Wildman–Crippen LogP) is 2.13. The van der Waals surface area contributed by atoms with Gasteiger partial charge in [0.2, 0.25) is 10.0 Å². The van der Waals surface area contributed by atoms with E-state index >= 15 is 0 Å². The third-order valence-electron chi connectivity index (χ3n) is 3.89. The lowest BCUT2D eigenvalue weighted by Gasteiger charge is -2.20. The van der Waals surface area contributed by atoms with E-state index in [1.165, 1.54) is 23.4 Å². The Bertz CT molecular complexity index is 865. The standard InChI is InChI=1S/C18H22N2O5S/c1-19(14-9-11-15(12-10-14)20(2)26(4,22)23)18(21)13-25-17-8-6-5-7-16(17)24-3/h5-12H,13H2,1-4H3. The number of ether oxygens (including phenoxy) is 2. The average Bonchev–Trinajstić information content (AvgIpc) is 2.64. The highest BCUT2D eigenvalue weighted by Gasteiger charge is 2.15. The third-order valence-corrected chi connectivity index (χ3v) is 5.10. The van der Waals surface area contributed by atoms with Crippen LogP contribution >= 0.6 is 0 Å². The lowest BCUT2D eigenvalue weighted by Crippen LogP contribution is -2.31. The fourth-order valence-corrected chi connectivity index (χ4v) is 2.70. The SMILES string of the molecule is COc1ccccc1OCC(=O)N(C)c1ccc(N(C)S(C)(=O)=O)cc1. The van der Waals surface area contributed by atoms with Gasteiger partial charge in [-0.2, -0.15) is 0 Å². The van der Waals surface area contributed by atoms with Crippen LogP contribution in [0.2, 0.25) is 0 Å². The molecule has 2 aromatic carbocycles. The van der Waals surface area contributed by atoms with Crippen LogP contribution in [-0.2, 0) is 14.8 Å². The van der Waals surface area contributed by atoms with E-state index < -0.39 is 10.0 Å². The normalized spacial score (nSPS) is 10.9. The molecule has 2 rings (SSSR count). The van der Waals surface area contributed by atoms with Gasteiger partial charge in [0.05, 0.1) is 19.1 Å². The zero-order chi connectivity index (χ0) is 19.3. The van der Waals surface area contributed by atoms with E-state index in [0.717, 1.165) is 6.26 Å². The van der Waals surface area contributed by atoms with Crippen molar-refractivity contribution in [3.05, 3.63) is 48.5 Å². The Hall–Kier alpha value is -2.74. The van der Waals surface area contributed by atoms with Crippen LogP contribution in [0.1, 0.15) is 0 Å². The molecule has 0 saturated heterocycles. The summed E-state index contributed by atoms with van der Waals surface area (Å²) in [6, 6.07) is 13.7. The van der Waals surface area contributed by atoms with E-state index in [0.29, 0.717) is 22.9 Å². The Morgan fingerprint density at radius 3 is 2.04 bits per heavy atom. The van der Waals surface area contributed by atoms with E-state index in [4.69, 9.17) is 9.47 Å². The molecule has 0 atom stereocenters. The monoisotopic (exact) mass is 378 g/mol. The highest BCUT2D eigenvalue weighted by molar-refractivity contribution is 7.92. The maximum Gasteiger partial charge on any atom is 0.264 e. The number of rotatable bonds is 7. The zero-order valence-corrected chi connectivity index (χ0v) is 16.0. The number of benzene rings is 2. The van der Waals surface area contributed by atoms with Gasteiger partial charge in [-0.15, -0.1) is 0 Å². The van der Waals surface area contributed by atoms with Crippen LogP contribution in [0.5, 0.6) is 11.5 Å². The molecule has 7 nitrogen and oxygen atoms in total. The molecule has 26 heavy (non-hydrogen) atoms. The number of carbonyl (C=O) groups excluding carboxylic acids is 1. The van der Waals surface area contributed by atoms with E-state index in [2.05, 4.69) is 0 Å². The number of anilines is 2. The maximum absolute atomic E-state index is 12.3. The average molecular weight is 378 g/mol. The second-order valence-corrected chi connectivity index (χ2v) is 7.65. The Morgan fingerprint density at radius 1 is 0.962 bits per heavy atom. The molecule has 0 unspecified atom stereocenters. The predicted molar refractivity (Wildman–Crippen MR) is 102 cm³/mol. The number of carbonyl (C=O) groups is 1. The van der Waals surface area contributed by atoms with Gasteiger partial charge in [-0.25, -0.2) is 8.42 Å². The molecule has 0 N–H and O–H groups in total. The Kier molecular flexibility index (Phi) is 6.10. The van der Waals surface area contributed by atoms with Crippen LogP contribution in [0.4, 0.5) is 11.4 Å². The number of para-hydroxylation sites is 2. The minimum Gasteiger partial charge on any atom is -0.493 e. The van der Waals surface area contributed by atoms with E-state index in [-0.39, 0.29) is 12.5 Å². The smallest absolute Gasteiger partial charge is 0.264 e. The van der Waals surface area contributed by atoms with Gasteiger partial charge in [-0.3, -0.25) is 9.10 Å². The van der Waals surface area contributed by atoms with Gasteiger partial charge < -0.3 is 14.4 Å². The molecule has 140 valence electrons. The molecule has 0 saturated carbocycles. The summed E-state index contributed by atoms with van der Waals surface area (Å²) in [4.78, 5) is 13.8. The molecule has 0 spiro atoms. The number of methoxy groups -OCH3 is 1. The molecule has 0 heterocycles. The van der Waals surface area contributed by atoms with Crippen LogP contribution in [0.25, 0.3) is 0 Å². The van der Waals surface area contributed by atoms with Gasteiger partial charge in [0.1, 0.15) is 0 Å². The van der Waals surface area contributed by atoms with Crippen molar-refractivity contribution >= 4 is 27.3 Å². The Labute approximate surface area is 153 Å². The number of likely N-dealkylation sites (N-methyl/N-ethyl adjacent to an activating group) is 1. The van der Waals surface area contributed by atoms with Crippen LogP contribution in [0.15, 0.2) is 48.5 Å². The van der Waals surface area contributed by atoms with Crippen molar-refractivity contribution in [1.29, 1.82) is 0 Å². The van der Waals surface area contributed by atoms with E-state index in [1.54, 1.807) is 49.5 Å². The fraction of sp³-hybridized carbons (Fsp3) is 0.278. The van der Waals surface area contributed by atoms with Gasteiger partial charge in [-0.05, 0) is 36.4 Å². The van der Waals surface area contributed by atoms with E-state index in [9.17, 15) is 13.2 Å². The summed E-state index contributed by atoms with van der Waals surface area (Å²) >= 11 is 0. The largest absolute Gasteiger partial charge is 0.493 e. The van der Waals surface area contributed by atoms with Gasteiger partial charge >= 0.3 is 0 Å². The molecule has 0 aliphatic carbocycles. The minimum absolute atomic E-state index is 0.151. The van der Waals surface area contributed by atoms with Crippen molar-refractivity contribution in [2.75, 3.05) is 43.3 Å². The summed E-state index contributed by atoms with van der Waals surface area (Å²) in [7, 11) is 1.30. The molecular weight excluding hydrogens is 356 g/mol. The molecule has 0 aliphatic rings. The van der Waals surface area contributed by atoms with Crippen LogP contribution in [-0.4, -0.2) is 48.4 Å². The number of amides is 1. The van der Waals surface area contributed by atoms with Crippen molar-refractivity contribution in [1.82, 2.24) is 0 Å². The summed E-state index contributed by atoms with van der Waals surface area (Å²) < 4.78 is 35.0. The topological polar surface area (TPSA) is 76.2 Å². The summed E-state index contributed by atoms with van der Waals surface area (Å²) in [5.74, 6) is 0.790. The third kappa shape index (κ3) is 4.66. The molecular formula is C18H22N2O5S. The molecule has 0 bridgehead atoms. The summed E-state index contributed by atoms with van der Waals surface area (Å²) in [6.07, 6.45) is 1.13. The molecule has 0 aliphatic heterocycles. The van der Waals surface area contributed by atoms with Gasteiger partial charge in [0, 0.05) is 19.8 Å². The summed E-state index contributed by atoms with van der Waals surface area (Å²) in [5, 5.41) is 0. The molecule has 0 aromatic heterocycles. The Balaban J connectivity index is 2.04.